The minimum Gasteiger partial charge on any atom is -0.371 e. The van der Waals surface area contributed by atoms with Crippen LogP contribution in [0.5, 0.6) is 0 Å². The summed E-state index contributed by atoms with van der Waals surface area (Å²) in [6, 6.07) is 2.11. The SMILES string of the molecule is CC(C)(C)C1CCCN(c2ccncc2Br)CC1. The van der Waals surface area contributed by atoms with Crippen molar-refractivity contribution in [3.05, 3.63) is 22.9 Å². The molecule has 1 atom stereocenters. The Morgan fingerprint density at radius 2 is 2.06 bits per heavy atom. The van der Waals surface area contributed by atoms with Gasteiger partial charge in [-0.15, -0.1) is 0 Å². The summed E-state index contributed by atoms with van der Waals surface area (Å²) in [5.74, 6) is 0.836. The van der Waals surface area contributed by atoms with Crippen LogP contribution in [0.3, 0.4) is 0 Å². The Kier molecular flexibility index (Phi) is 4.31. The molecule has 0 radical (unpaired) electrons. The number of hydrogen-bond donors (Lipinski definition) is 0. The van der Waals surface area contributed by atoms with E-state index in [0.29, 0.717) is 5.41 Å². The van der Waals surface area contributed by atoms with Crippen LogP contribution >= 0.6 is 15.9 Å². The zero-order valence-corrected chi connectivity index (χ0v) is 13.2. The fourth-order valence-electron chi connectivity index (χ4n) is 2.83. The van der Waals surface area contributed by atoms with Crippen molar-refractivity contribution in [2.75, 3.05) is 18.0 Å². The van der Waals surface area contributed by atoms with E-state index in [9.17, 15) is 0 Å². The first-order chi connectivity index (χ1) is 8.48. The zero-order chi connectivity index (χ0) is 13.2. The fraction of sp³-hybridized carbons (Fsp3) is 0.667. The van der Waals surface area contributed by atoms with E-state index in [1.54, 1.807) is 0 Å². The van der Waals surface area contributed by atoms with Gasteiger partial charge < -0.3 is 4.90 Å². The van der Waals surface area contributed by atoms with Crippen molar-refractivity contribution >= 4 is 21.6 Å². The molecule has 1 fully saturated rings. The second-order valence-electron chi connectivity index (χ2n) is 6.31. The topological polar surface area (TPSA) is 16.1 Å². The van der Waals surface area contributed by atoms with Gasteiger partial charge >= 0.3 is 0 Å². The fourth-order valence-corrected chi connectivity index (χ4v) is 3.33. The lowest BCUT2D eigenvalue weighted by atomic mass is 9.77. The molecule has 0 aromatic carbocycles. The molecule has 2 nitrogen and oxygen atoms in total. The molecule has 2 rings (SSSR count). The van der Waals surface area contributed by atoms with E-state index in [0.717, 1.165) is 23.5 Å². The molecule has 0 amide bonds. The molecule has 1 aliphatic rings. The third-order valence-electron chi connectivity index (χ3n) is 4.04. The molecule has 100 valence electrons. The van der Waals surface area contributed by atoms with Crippen molar-refractivity contribution in [1.29, 1.82) is 0 Å². The molecule has 0 spiro atoms. The van der Waals surface area contributed by atoms with E-state index >= 15 is 0 Å². The summed E-state index contributed by atoms with van der Waals surface area (Å²) in [5.41, 5.74) is 1.73. The number of halogens is 1. The highest BCUT2D eigenvalue weighted by Gasteiger charge is 2.27. The molecule has 0 aliphatic carbocycles. The van der Waals surface area contributed by atoms with Gasteiger partial charge in [-0.1, -0.05) is 20.8 Å². The van der Waals surface area contributed by atoms with Crippen LogP contribution in [0.15, 0.2) is 22.9 Å². The lowest BCUT2D eigenvalue weighted by molar-refractivity contribution is 0.220. The van der Waals surface area contributed by atoms with Gasteiger partial charge in [0.05, 0.1) is 10.2 Å². The maximum atomic E-state index is 4.14. The molecule has 0 bridgehead atoms. The largest absolute Gasteiger partial charge is 0.371 e. The first kappa shape index (κ1) is 13.9. The molecule has 3 heteroatoms. The number of nitrogens with zero attached hydrogens (tertiary/aromatic N) is 2. The quantitative estimate of drug-likeness (QED) is 0.759. The lowest BCUT2D eigenvalue weighted by Gasteiger charge is -2.30. The summed E-state index contributed by atoms with van der Waals surface area (Å²) in [4.78, 5) is 6.64. The molecule has 1 unspecified atom stereocenters. The molecule has 18 heavy (non-hydrogen) atoms. The summed E-state index contributed by atoms with van der Waals surface area (Å²) >= 11 is 3.61. The first-order valence-electron chi connectivity index (χ1n) is 6.83. The zero-order valence-electron chi connectivity index (χ0n) is 11.6. The molecule has 2 heterocycles. The van der Waals surface area contributed by atoms with Crippen LogP contribution in [0.1, 0.15) is 40.0 Å². The van der Waals surface area contributed by atoms with Crippen molar-refractivity contribution in [3.8, 4) is 0 Å². The van der Waals surface area contributed by atoms with Crippen molar-refractivity contribution in [3.63, 3.8) is 0 Å². The Labute approximate surface area is 119 Å². The molecule has 0 N–H and O–H groups in total. The van der Waals surface area contributed by atoms with Crippen LogP contribution < -0.4 is 4.90 Å². The van der Waals surface area contributed by atoms with Crippen molar-refractivity contribution in [1.82, 2.24) is 4.98 Å². The molecule has 0 saturated carbocycles. The second kappa shape index (κ2) is 5.60. The third kappa shape index (κ3) is 3.25. The Balaban J connectivity index is 2.08. The van der Waals surface area contributed by atoms with Crippen LogP contribution in [0, 0.1) is 11.3 Å². The van der Waals surface area contributed by atoms with Gasteiger partial charge in [0.15, 0.2) is 0 Å². The Morgan fingerprint density at radius 3 is 2.72 bits per heavy atom. The predicted octanol–water partition coefficient (Wildman–Crippen LogP) is 4.50. The van der Waals surface area contributed by atoms with Crippen molar-refractivity contribution in [2.24, 2.45) is 11.3 Å². The number of rotatable bonds is 1. The smallest absolute Gasteiger partial charge is 0.0592 e. The van der Waals surface area contributed by atoms with E-state index in [1.807, 2.05) is 12.4 Å². The third-order valence-corrected chi connectivity index (χ3v) is 4.66. The molecule has 1 aliphatic heterocycles. The summed E-state index contributed by atoms with van der Waals surface area (Å²) in [7, 11) is 0. The maximum absolute atomic E-state index is 4.14. The van der Waals surface area contributed by atoms with Gasteiger partial charge in [0.1, 0.15) is 0 Å². The average molecular weight is 311 g/mol. The van der Waals surface area contributed by atoms with Crippen LogP contribution in [0.4, 0.5) is 5.69 Å². The van der Waals surface area contributed by atoms with Crippen LogP contribution in [-0.2, 0) is 0 Å². The minimum absolute atomic E-state index is 0.436. The number of aromatic nitrogens is 1. The average Bonchev–Trinajstić information content (AvgIpc) is 2.54. The molecule has 1 aromatic rings. The van der Waals surface area contributed by atoms with Crippen LogP contribution in [0.25, 0.3) is 0 Å². The van der Waals surface area contributed by atoms with Gasteiger partial charge in [0.25, 0.3) is 0 Å². The molecule has 1 saturated heterocycles. The van der Waals surface area contributed by atoms with E-state index < -0.39 is 0 Å². The number of hydrogen-bond acceptors (Lipinski definition) is 2. The van der Waals surface area contributed by atoms with Gasteiger partial charge in [0, 0.05) is 25.5 Å². The first-order valence-corrected chi connectivity index (χ1v) is 7.62. The normalized spacial score (nSPS) is 21.8. The molecular formula is C15H23BrN2. The molecular weight excluding hydrogens is 288 g/mol. The standard InChI is InChI=1S/C15H23BrN2/c1-15(2,3)12-5-4-9-18(10-7-12)14-6-8-17-11-13(14)16/h6,8,11-12H,4-5,7,9-10H2,1-3H3. The lowest BCUT2D eigenvalue weighted by Crippen LogP contribution is -2.26. The van der Waals surface area contributed by atoms with Crippen LogP contribution in [-0.4, -0.2) is 18.1 Å². The number of pyridine rings is 1. The van der Waals surface area contributed by atoms with E-state index in [-0.39, 0.29) is 0 Å². The summed E-state index contributed by atoms with van der Waals surface area (Å²) in [6.45, 7) is 9.43. The summed E-state index contributed by atoms with van der Waals surface area (Å²) < 4.78 is 1.11. The van der Waals surface area contributed by atoms with Gasteiger partial charge in [-0.3, -0.25) is 4.98 Å². The van der Waals surface area contributed by atoms with Crippen LogP contribution in [0.2, 0.25) is 0 Å². The van der Waals surface area contributed by atoms with Gasteiger partial charge in [-0.05, 0) is 52.6 Å². The summed E-state index contributed by atoms with van der Waals surface area (Å²) in [5, 5.41) is 0. The number of anilines is 1. The van der Waals surface area contributed by atoms with Gasteiger partial charge in [-0.25, -0.2) is 0 Å². The van der Waals surface area contributed by atoms with Gasteiger partial charge in [0.2, 0.25) is 0 Å². The molecule has 1 aromatic heterocycles. The minimum atomic E-state index is 0.436. The second-order valence-corrected chi connectivity index (χ2v) is 7.16. The Bertz CT molecular complexity index is 398. The Morgan fingerprint density at radius 1 is 1.28 bits per heavy atom. The van der Waals surface area contributed by atoms with Crippen molar-refractivity contribution < 1.29 is 0 Å². The highest BCUT2D eigenvalue weighted by Crippen LogP contribution is 2.36. The predicted molar refractivity (Wildman–Crippen MR) is 80.9 cm³/mol. The van der Waals surface area contributed by atoms with Crippen molar-refractivity contribution in [2.45, 2.75) is 40.0 Å². The van der Waals surface area contributed by atoms with E-state index in [2.05, 4.69) is 52.7 Å². The highest BCUT2D eigenvalue weighted by molar-refractivity contribution is 9.10. The summed E-state index contributed by atoms with van der Waals surface area (Å²) in [6.07, 6.45) is 7.70. The monoisotopic (exact) mass is 310 g/mol. The highest BCUT2D eigenvalue weighted by atomic mass is 79.9. The van der Waals surface area contributed by atoms with E-state index in [4.69, 9.17) is 0 Å². The maximum Gasteiger partial charge on any atom is 0.0592 e. The Hall–Kier alpha value is -0.570. The van der Waals surface area contributed by atoms with E-state index in [1.165, 1.54) is 24.9 Å². The van der Waals surface area contributed by atoms with Gasteiger partial charge in [-0.2, -0.15) is 0 Å².